The summed E-state index contributed by atoms with van der Waals surface area (Å²) in [5.41, 5.74) is 3.23. The van der Waals surface area contributed by atoms with Crippen molar-refractivity contribution in [3.8, 4) is 0 Å². The van der Waals surface area contributed by atoms with Gasteiger partial charge in [0.05, 0.1) is 6.10 Å². The third kappa shape index (κ3) is 1.50. The quantitative estimate of drug-likeness (QED) is 0.738. The van der Waals surface area contributed by atoms with Crippen LogP contribution in [-0.4, -0.2) is 11.2 Å². The van der Waals surface area contributed by atoms with Crippen molar-refractivity contribution in [1.82, 2.24) is 0 Å². The summed E-state index contributed by atoms with van der Waals surface area (Å²) < 4.78 is 0. The monoisotopic (exact) mass is 242 g/mol. The molecule has 0 spiro atoms. The number of benzene rings is 1. The van der Waals surface area contributed by atoms with E-state index >= 15 is 0 Å². The number of aliphatic hydroxyl groups excluding tert-OH is 1. The van der Waals surface area contributed by atoms with Crippen molar-refractivity contribution >= 4 is 0 Å². The molecule has 4 rings (SSSR count). The van der Waals surface area contributed by atoms with Crippen LogP contribution in [0.3, 0.4) is 0 Å². The Morgan fingerprint density at radius 2 is 1.67 bits per heavy atom. The summed E-state index contributed by atoms with van der Waals surface area (Å²) in [5.74, 6) is 3.08. The zero-order valence-electron chi connectivity index (χ0n) is 10.9. The molecule has 2 fully saturated rings. The van der Waals surface area contributed by atoms with Crippen molar-refractivity contribution in [1.29, 1.82) is 0 Å². The van der Waals surface area contributed by atoms with Gasteiger partial charge in [-0.25, -0.2) is 0 Å². The van der Waals surface area contributed by atoms with Crippen molar-refractivity contribution < 1.29 is 5.11 Å². The van der Waals surface area contributed by atoms with Crippen LogP contribution in [0, 0.1) is 17.8 Å². The minimum atomic E-state index is 0.00752. The molecular weight excluding hydrogens is 220 g/mol. The van der Waals surface area contributed by atoms with Gasteiger partial charge >= 0.3 is 0 Å². The minimum Gasteiger partial charge on any atom is -0.393 e. The molecule has 1 nitrogen and oxygen atoms in total. The molecule has 0 saturated heterocycles. The van der Waals surface area contributed by atoms with E-state index in [1.54, 1.807) is 11.1 Å². The zero-order chi connectivity index (χ0) is 12.1. The summed E-state index contributed by atoms with van der Waals surface area (Å²) >= 11 is 0. The Balaban J connectivity index is 1.69. The van der Waals surface area contributed by atoms with Gasteiger partial charge in [0.25, 0.3) is 0 Å². The normalized spacial score (nSPS) is 41.9. The maximum Gasteiger partial charge on any atom is 0.0571 e. The second kappa shape index (κ2) is 4.09. The van der Waals surface area contributed by atoms with E-state index in [4.69, 9.17) is 0 Å². The molecule has 5 unspecified atom stereocenters. The van der Waals surface area contributed by atoms with Crippen LogP contribution < -0.4 is 0 Å². The van der Waals surface area contributed by atoms with Gasteiger partial charge in [-0.1, -0.05) is 24.3 Å². The van der Waals surface area contributed by atoms with Crippen LogP contribution in [0.5, 0.6) is 0 Å². The van der Waals surface area contributed by atoms with Crippen molar-refractivity contribution in [2.24, 2.45) is 17.8 Å². The molecule has 0 radical (unpaired) electrons. The summed E-state index contributed by atoms with van der Waals surface area (Å²) in [6.07, 6.45) is 7.51. The number of aliphatic hydroxyl groups is 1. The highest BCUT2D eigenvalue weighted by molar-refractivity contribution is 5.34. The molecule has 0 heterocycles. The number of aryl methyl sites for hydroxylation is 1. The lowest BCUT2D eigenvalue weighted by molar-refractivity contribution is 0.0566. The molecule has 96 valence electrons. The molecule has 3 aliphatic rings. The van der Waals surface area contributed by atoms with E-state index in [1.807, 2.05) is 0 Å². The average molecular weight is 242 g/mol. The van der Waals surface area contributed by atoms with E-state index in [1.165, 1.54) is 32.1 Å². The van der Waals surface area contributed by atoms with E-state index in [2.05, 4.69) is 24.3 Å². The Kier molecular flexibility index (Phi) is 2.51. The highest BCUT2D eigenvalue weighted by Gasteiger charge is 2.47. The molecule has 1 N–H and O–H groups in total. The van der Waals surface area contributed by atoms with Crippen LogP contribution in [0.4, 0.5) is 0 Å². The Labute approximate surface area is 109 Å². The number of fused-ring (bicyclic) bond motifs is 5. The molecule has 5 atom stereocenters. The summed E-state index contributed by atoms with van der Waals surface area (Å²) in [6.45, 7) is 0. The highest BCUT2D eigenvalue weighted by Crippen LogP contribution is 2.54. The van der Waals surface area contributed by atoms with Gasteiger partial charge in [-0.2, -0.15) is 0 Å². The third-order valence-electron chi connectivity index (χ3n) is 5.92. The summed E-state index contributed by atoms with van der Waals surface area (Å²) in [4.78, 5) is 0. The zero-order valence-corrected chi connectivity index (χ0v) is 10.9. The van der Waals surface area contributed by atoms with Crippen LogP contribution in [0.2, 0.25) is 0 Å². The lowest BCUT2D eigenvalue weighted by Gasteiger charge is -2.44. The lowest BCUT2D eigenvalue weighted by atomic mass is 9.61. The second-order valence-electron chi connectivity index (χ2n) is 6.56. The van der Waals surface area contributed by atoms with Crippen LogP contribution in [0.1, 0.15) is 49.1 Å². The Hall–Kier alpha value is -0.820. The van der Waals surface area contributed by atoms with Crippen molar-refractivity contribution in [3.05, 3.63) is 35.4 Å². The van der Waals surface area contributed by atoms with E-state index in [0.717, 1.165) is 24.2 Å². The van der Waals surface area contributed by atoms with Gasteiger partial charge in [-0.3, -0.25) is 0 Å². The van der Waals surface area contributed by atoms with Gasteiger partial charge in [-0.05, 0) is 73.3 Å². The molecule has 3 aliphatic carbocycles. The van der Waals surface area contributed by atoms with Crippen LogP contribution in [-0.2, 0) is 6.42 Å². The number of hydrogen-bond acceptors (Lipinski definition) is 1. The van der Waals surface area contributed by atoms with Crippen LogP contribution in [0.15, 0.2) is 24.3 Å². The first-order chi connectivity index (χ1) is 8.84. The summed E-state index contributed by atoms with van der Waals surface area (Å²) in [6, 6.07) is 9.07. The largest absolute Gasteiger partial charge is 0.393 e. The minimum absolute atomic E-state index is 0.00752. The maximum absolute atomic E-state index is 10.1. The van der Waals surface area contributed by atoms with Crippen molar-refractivity contribution in [3.63, 3.8) is 0 Å². The molecule has 1 heteroatoms. The fraction of sp³-hybridized carbons (Fsp3) is 0.647. The van der Waals surface area contributed by atoms with Gasteiger partial charge in [-0.15, -0.1) is 0 Å². The predicted octanol–water partition coefficient (Wildman–Crippen LogP) is 3.51. The van der Waals surface area contributed by atoms with Gasteiger partial charge in [0, 0.05) is 0 Å². The molecule has 1 aromatic carbocycles. The summed E-state index contributed by atoms with van der Waals surface area (Å²) in [5, 5.41) is 10.1. The fourth-order valence-electron chi connectivity index (χ4n) is 5.15. The van der Waals surface area contributed by atoms with Crippen LogP contribution in [0.25, 0.3) is 0 Å². The second-order valence-corrected chi connectivity index (χ2v) is 6.56. The number of rotatable bonds is 0. The maximum atomic E-state index is 10.1. The molecule has 18 heavy (non-hydrogen) atoms. The Bertz CT molecular complexity index is 453. The molecular formula is C17H22O. The Morgan fingerprint density at radius 1 is 0.833 bits per heavy atom. The van der Waals surface area contributed by atoms with Crippen LogP contribution >= 0.6 is 0 Å². The van der Waals surface area contributed by atoms with E-state index in [9.17, 15) is 5.11 Å². The highest BCUT2D eigenvalue weighted by atomic mass is 16.3. The van der Waals surface area contributed by atoms with Gasteiger partial charge in [0.15, 0.2) is 0 Å². The molecule has 0 aliphatic heterocycles. The summed E-state index contributed by atoms with van der Waals surface area (Å²) in [7, 11) is 0. The SMILES string of the molecule is OC1CCC2C1CCC1c3ccccc3CCC12. The first-order valence-corrected chi connectivity index (χ1v) is 7.60. The van der Waals surface area contributed by atoms with Crippen molar-refractivity contribution in [2.75, 3.05) is 0 Å². The molecule has 2 saturated carbocycles. The fourth-order valence-corrected chi connectivity index (χ4v) is 5.15. The molecule has 0 bridgehead atoms. The van der Waals surface area contributed by atoms with Gasteiger partial charge in [0.1, 0.15) is 0 Å². The molecule has 1 aromatic rings. The topological polar surface area (TPSA) is 20.2 Å². The first kappa shape index (κ1) is 11.0. The van der Waals surface area contributed by atoms with E-state index in [0.29, 0.717) is 5.92 Å². The van der Waals surface area contributed by atoms with E-state index < -0.39 is 0 Å². The Morgan fingerprint density at radius 3 is 2.61 bits per heavy atom. The lowest BCUT2D eigenvalue weighted by Crippen LogP contribution is -2.36. The van der Waals surface area contributed by atoms with Crippen molar-refractivity contribution in [2.45, 2.75) is 50.5 Å². The average Bonchev–Trinajstić information content (AvgIpc) is 2.80. The number of hydrogen-bond donors (Lipinski definition) is 1. The standard InChI is InChI=1S/C17H22O/c18-17-10-9-15-14-6-5-11-3-1-2-4-12(11)13(14)7-8-16(15)17/h1-4,13-18H,5-10H2. The molecule has 0 amide bonds. The first-order valence-electron chi connectivity index (χ1n) is 7.60. The van der Waals surface area contributed by atoms with Gasteiger partial charge < -0.3 is 5.11 Å². The third-order valence-corrected chi connectivity index (χ3v) is 5.92. The van der Waals surface area contributed by atoms with Gasteiger partial charge in [0.2, 0.25) is 0 Å². The smallest absolute Gasteiger partial charge is 0.0571 e. The molecule has 0 aromatic heterocycles. The predicted molar refractivity (Wildman–Crippen MR) is 72.4 cm³/mol. The van der Waals surface area contributed by atoms with E-state index in [-0.39, 0.29) is 6.10 Å².